The van der Waals surface area contributed by atoms with E-state index in [0.717, 1.165) is 31.9 Å². The zero-order chi connectivity index (χ0) is 12.5. The fraction of sp³-hybridized carbons (Fsp3) is 0.462. The van der Waals surface area contributed by atoms with Crippen LogP contribution in [0.1, 0.15) is 0 Å². The lowest BCUT2D eigenvalue weighted by molar-refractivity contribution is 0.219. The molecule has 0 aliphatic carbocycles. The van der Waals surface area contributed by atoms with Gasteiger partial charge in [-0.3, -0.25) is 0 Å². The summed E-state index contributed by atoms with van der Waals surface area (Å²) in [6.07, 6.45) is 0. The third-order valence-electron chi connectivity index (χ3n) is 3.75. The molecule has 0 saturated carbocycles. The fourth-order valence-electron chi connectivity index (χ4n) is 2.79. The number of urea groups is 1. The molecule has 0 aromatic heterocycles. The third kappa shape index (κ3) is 2.31. The van der Waals surface area contributed by atoms with Gasteiger partial charge < -0.3 is 15.5 Å². The lowest BCUT2D eigenvalue weighted by Gasteiger charge is -2.18. The van der Waals surface area contributed by atoms with Crippen LogP contribution in [-0.2, 0) is 0 Å². The molecule has 1 aromatic rings. The first-order chi connectivity index (χ1) is 8.72. The summed E-state index contributed by atoms with van der Waals surface area (Å²) in [5.41, 5.74) is 0.752. The molecule has 0 radical (unpaired) electrons. The van der Waals surface area contributed by atoms with Crippen LogP contribution in [0.15, 0.2) is 24.3 Å². The van der Waals surface area contributed by atoms with Gasteiger partial charge in [-0.05, 0) is 30.0 Å². The Hall–Kier alpha value is -1.26. The number of hydrogen-bond donors (Lipinski definition) is 2. The zero-order valence-electron chi connectivity index (χ0n) is 10.0. The maximum Gasteiger partial charge on any atom is 0.321 e. The summed E-state index contributed by atoms with van der Waals surface area (Å²) in [6.45, 7) is 3.77. The number of nitrogens with zero attached hydrogens (tertiary/aromatic N) is 1. The number of likely N-dealkylation sites (tertiary alicyclic amines) is 1. The number of fused-ring (bicyclic) bond motifs is 1. The predicted octanol–water partition coefficient (Wildman–Crippen LogP) is 2.02. The van der Waals surface area contributed by atoms with Crippen LogP contribution < -0.4 is 10.6 Å². The number of rotatable bonds is 1. The number of hydrogen-bond acceptors (Lipinski definition) is 2. The second kappa shape index (κ2) is 4.78. The van der Waals surface area contributed by atoms with Crippen LogP contribution in [-0.4, -0.2) is 37.1 Å². The number of carbonyl (C=O) groups excluding carboxylic acids is 1. The van der Waals surface area contributed by atoms with Crippen molar-refractivity contribution < 1.29 is 4.79 Å². The first-order valence-corrected chi connectivity index (χ1v) is 6.62. The molecule has 2 aliphatic heterocycles. The smallest absolute Gasteiger partial charge is 0.321 e. The summed E-state index contributed by atoms with van der Waals surface area (Å²) in [7, 11) is 0. The van der Waals surface area contributed by atoms with Gasteiger partial charge in [-0.2, -0.15) is 0 Å². The van der Waals surface area contributed by atoms with Crippen LogP contribution in [0, 0.1) is 11.8 Å². The predicted molar refractivity (Wildman–Crippen MR) is 71.9 cm³/mol. The molecule has 5 heteroatoms. The molecule has 3 rings (SSSR count). The molecular weight excluding hydrogens is 250 g/mol. The Bertz CT molecular complexity index is 453. The van der Waals surface area contributed by atoms with E-state index in [-0.39, 0.29) is 6.03 Å². The second-order valence-corrected chi connectivity index (χ2v) is 5.46. The van der Waals surface area contributed by atoms with Gasteiger partial charge in [-0.15, -0.1) is 0 Å². The lowest BCUT2D eigenvalue weighted by Crippen LogP contribution is -2.35. The highest BCUT2D eigenvalue weighted by molar-refractivity contribution is 6.30. The van der Waals surface area contributed by atoms with Crippen LogP contribution in [0.2, 0.25) is 5.02 Å². The molecule has 18 heavy (non-hydrogen) atoms. The van der Waals surface area contributed by atoms with Crippen molar-refractivity contribution >= 4 is 23.3 Å². The van der Waals surface area contributed by atoms with Gasteiger partial charge in [0.25, 0.3) is 0 Å². The average molecular weight is 266 g/mol. The lowest BCUT2D eigenvalue weighted by atomic mass is 10.0. The molecule has 2 heterocycles. The van der Waals surface area contributed by atoms with Crippen LogP contribution in [0.5, 0.6) is 0 Å². The normalized spacial score (nSPS) is 26.2. The van der Waals surface area contributed by atoms with Crippen molar-refractivity contribution in [2.45, 2.75) is 0 Å². The van der Waals surface area contributed by atoms with Crippen molar-refractivity contribution in [3.05, 3.63) is 29.3 Å². The molecule has 2 aliphatic rings. The first-order valence-electron chi connectivity index (χ1n) is 6.24. The van der Waals surface area contributed by atoms with Crippen LogP contribution >= 0.6 is 11.6 Å². The maximum absolute atomic E-state index is 12.1. The van der Waals surface area contributed by atoms with E-state index in [0.29, 0.717) is 16.9 Å². The quantitative estimate of drug-likeness (QED) is 0.816. The highest BCUT2D eigenvalue weighted by atomic mass is 35.5. The zero-order valence-corrected chi connectivity index (χ0v) is 10.8. The van der Waals surface area contributed by atoms with Gasteiger partial charge in [0.15, 0.2) is 0 Å². The van der Waals surface area contributed by atoms with E-state index in [9.17, 15) is 4.79 Å². The first kappa shape index (κ1) is 11.8. The summed E-state index contributed by atoms with van der Waals surface area (Å²) < 4.78 is 0. The number of nitrogens with one attached hydrogen (secondary N) is 2. The number of amides is 2. The highest BCUT2D eigenvalue weighted by Gasteiger charge is 2.37. The maximum atomic E-state index is 12.1. The molecule has 2 fully saturated rings. The number of anilines is 1. The molecule has 0 spiro atoms. The SMILES string of the molecule is O=C(Nc1cccc(Cl)c1)N1CC2CNCC2C1. The Morgan fingerprint density at radius 3 is 2.72 bits per heavy atom. The number of halogens is 1. The number of benzene rings is 1. The standard InChI is InChI=1S/C13H16ClN3O/c14-11-2-1-3-12(4-11)16-13(18)17-7-9-5-15-6-10(9)8-17/h1-4,9-10,15H,5-8H2,(H,16,18). The van der Waals surface area contributed by atoms with E-state index in [2.05, 4.69) is 10.6 Å². The Morgan fingerprint density at radius 2 is 2.06 bits per heavy atom. The topological polar surface area (TPSA) is 44.4 Å². The average Bonchev–Trinajstić information content (AvgIpc) is 2.88. The van der Waals surface area contributed by atoms with Crippen LogP contribution in [0.25, 0.3) is 0 Å². The van der Waals surface area contributed by atoms with E-state index in [1.165, 1.54) is 0 Å². The number of carbonyl (C=O) groups is 1. The molecule has 2 amide bonds. The molecule has 2 unspecified atom stereocenters. The second-order valence-electron chi connectivity index (χ2n) is 5.02. The molecule has 4 nitrogen and oxygen atoms in total. The van der Waals surface area contributed by atoms with Gasteiger partial charge in [0.1, 0.15) is 0 Å². The van der Waals surface area contributed by atoms with Crippen molar-refractivity contribution in [1.82, 2.24) is 10.2 Å². The Labute approximate surface area is 111 Å². The Balaban J connectivity index is 1.62. The summed E-state index contributed by atoms with van der Waals surface area (Å²) >= 11 is 5.89. The van der Waals surface area contributed by atoms with Gasteiger partial charge in [-0.25, -0.2) is 4.79 Å². The molecule has 2 atom stereocenters. The minimum absolute atomic E-state index is 0.0216. The molecule has 2 N–H and O–H groups in total. The van der Waals surface area contributed by atoms with Crippen molar-refractivity contribution in [2.24, 2.45) is 11.8 Å². The van der Waals surface area contributed by atoms with Crippen LogP contribution in [0.4, 0.5) is 10.5 Å². The van der Waals surface area contributed by atoms with Crippen molar-refractivity contribution in [1.29, 1.82) is 0 Å². The summed E-state index contributed by atoms with van der Waals surface area (Å²) in [5, 5.41) is 6.90. The van der Waals surface area contributed by atoms with Gasteiger partial charge in [-0.1, -0.05) is 17.7 Å². The van der Waals surface area contributed by atoms with E-state index < -0.39 is 0 Å². The van der Waals surface area contributed by atoms with Crippen molar-refractivity contribution in [3.8, 4) is 0 Å². The van der Waals surface area contributed by atoms with Gasteiger partial charge in [0.2, 0.25) is 0 Å². The molecule has 96 valence electrons. The monoisotopic (exact) mass is 265 g/mol. The highest BCUT2D eigenvalue weighted by Crippen LogP contribution is 2.26. The van der Waals surface area contributed by atoms with Gasteiger partial charge in [0, 0.05) is 36.9 Å². The fourth-order valence-corrected chi connectivity index (χ4v) is 2.98. The van der Waals surface area contributed by atoms with Gasteiger partial charge in [0.05, 0.1) is 0 Å². The summed E-state index contributed by atoms with van der Waals surface area (Å²) in [6, 6.07) is 7.22. The minimum Gasteiger partial charge on any atom is -0.324 e. The van der Waals surface area contributed by atoms with Crippen LogP contribution in [0.3, 0.4) is 0 Å². The summed E-state index contributed by atoms with van der Waals surface area (Å²) in [4.78, 5) is 14.0. The van der Waals surface area contributed by atoms with E-state index >= 15 is 0 Å². The molecule has 2 saturated heterocycles. The third-order valence-corrected chi connectivity index (χ3v) is 3.99. The van der Waals surface area contributed by atoms with Crippen molar-refractivity contribution in [3.63, 3.8) is 0 Å². The molecule has 0 bridgehead atoms. The molecule has 1 aromatic carbocycles. The Morgan fingerprint density at radius 1 is 1.33 bits per heavy atom. The van der Waals surface area contributed by atoms with E-state index in [1.54, 1.807) is 12.1 Å². The summed E-state index contributed by atoms with van der Waals surface area (Å²) in [5.74, 6) is 1.24. The largest absolute Gasteiger partial charge is 0.324 e. The van der Waals surface area contributed by atoms with Gasteiger partial charge >= 0.3 is 6.03 Å². The van der Waals surface area contributed by atoms with Crippen molar-refractivity contribution in [2.75, 3.05) is 31.5 Å². The van der Waals surface area contributed by atoms with E-state index in [4.69, 9.17) is 11.6 Å². The van der Waals surface area contributed by atoms with E-state index in [1.807, 2.05) is 17.0 Å². The Kier molecular flexibility index (Phi) is 3.14. The minimum atomic E-state index is -0.0216. The molecular formula is C13H16ClN3O.